The molecule has 1 aliphatic rings. The van der Waals surface area contributed by atoms with Gasteiger partial charge in [-0.25, -0.2) is 0 Å². The Labute approximate surface area is 127 Å². The number of hydrogen-bond acceptors (Lipinski definition) is 2. The maximum absolute atomic E-state index is 6.15. The van der Waals surface area contributed by atoms with E-state index in [0.29, 0.717) is 0 Å². The molecular formula is C19H25NO. The molecule has 3 rings (SSSR count). The highest BCUT2D eigenvalue weighted by atomic mass is 16.5. The van der Waals surface area contributed by atoms with E-state index >= 15 is 0 Å². The van der Waals surface area contributed by atoms with E-state index in [-0.39, 0.29) is 11.6 Å². The van der Waals surface area contributed by atoms with Crippen LogP contribution in [-0.2, 0) is 4.74 Å². The Kier molecular flexibility index (Phi) is 4.01. The lowest BCUT2D eigenvalue weighted by Gasteiger charge is -2.36. The molecule has 0 radical (unpaired) electrons. The van der Waals surface area contributed by atoms with Crippen molar-refractivity contribution in [3.05, 3.63) is 47.5 Å². The highest BCUT2D eigenvalue weighted by Crippen LogP contribution is 2.41. The summed E-state index contributed by atoms with van der Waals surface area (Å²) < 4.78 is 6.15. The van der Waals surface area contributed by atoms with Gasteiger partial charge in [0.25, 0.3) is 0 Å². The van der Waals surface area contributed by atoms with E-state index in [1.807, 2.05) is 0 Å². The van der Waals surface area contributed by atoms with E-state index in [1.54, 1.807) is 0 Å². The number of rotatable bonds is 4. The molecule has 2 aromatic carbocycles. The molecule has 2 heteroatoms. The van der Waals surface area contributed by atoms with Gasteiger partial charge >= 0.3 is 0 Å². The topological polar surface area (TPSA) is 21.3 Å². The van der Waals surface area contributed by atoms with Gasteiger partial charge in [0.05, 0.1) is 11.6 Å². The summed E-state index contributed by atoms with van der Waals surface area (Å²) in [5, 5.41) is 6.34. The second kappa shape index (κ2) is 5.78. The van der Waals surface area contributed by atoms with Crippen molar-refractivity contribution in [3.8, 4) is 0 Å². The lowest BCUT2D eigenvalue weighted by Crippen LogP contribution is -2.41. The van der Waals surface area contributed by atoms with E-state index < -0.39 is 0 Å². The number of hydrogen-bond donors (Lipinski definition) is 1. The quantitative estimate of drug-likeness (QED) is 0.899. The average molecular weight is 283 g/mol. The maximum Gasteiger partial charge on any atom is 0.0849 e. The van der Waals surface area contributed by atoms with Gasteiger partial charge in [-0.1, -0.05) is 43.3 Å². The van der Waals surface area contributed by atoms with Crippen molar-refractivity contribution in [2.75, 3.05) is 13.2 Å². The van der Waals surface area contributed by atoms with Gasteiger partial charge in [-0.15, -0.1) is 0 Å². The van der Waals surface area contributed by atoms with Crippen molar-refractivity contribution in [1.82, 2.24) is 5.32 Å². The van der Waals surface area contributed by atoms with Crippen molar-refractivity contribution >= 4 is 10.8 Å². The van der Waals surface area contributed by atoms with Crippen molar-refractivity contribution in [3.63, 3.8) is 0 Å². The summed E-state index contributed by atoms with van der Waals surface area (Å²) in [4.78, 5) is 0. The van der Waals surface area contributed by atoms with Gasteiger partial charge in [0.1, 0.15) is 0 Å². The molecule has 2 aromatic rings. The van der Waals surface area contributed by atoms with Crippen LogP contribution in [0.5, 0.6) is 0 Å². The number of fused-ring (bicyclic) bond motifs is 1. The molecule has 1 saturated heterocycles. The summed E-state index contributed by atoms with van der Waals surface area (Å²) in [6.45, 7) is 8.47. The molecular weight excluding hydrogens is 258 g/mol. The third kappa shape index (κ3) is 2.58. The summed E-state index contributed by atoms with van der Waals surface area (Å²) in [6.07, 6.45) is 2.27. The van der Waals surface area contributed by atoms with Crippen LogP contribution in [0.15, 0.2) is 36.4 Å². The number of aryl methyl sites for hydroxylation is 1. The van der Waals surface area contributed by atoms with Gasteiger partial charge in [0.2, 0.25) is 0 Å². The van der Waals surface area contributed by atoms with Gasteiger partial charge in [-0.05, 0) is 55.1 Å². The third-order valence-corrected chi connectivity index (χ3v) is 4.75. The van der Waals surface area contributed by atoms with Gasteiger partial charge in [0, 0.05) is 6.61 Å². The van der Waals surface area contributed by atoms with Crippen LogP contribution >= 0.6 is 0 Å². The molecule has 2 unspecified atom stereocenters. The van der Waals surface area contributed by atoms with Gasteiger partial charge < -0.3 is 10.1 Å². The molecule has 0 saturated carbocycles. The SMILES string of the molecule is CCNC(c1c(C)ccc2ccccc12)C1(C)CCCO1. The molecule has 1 heterocycles. The molecule has 21 heavy (non-hydrogen) atoms. The summed E-state index contributed by atoms with van der Waals surface area (Å²) in [7, 11) is 0. The summed E-state index contributed by atoms with van der Waals surface area (Å²) in [6, 6.07) is 13.4. The lowest BCUT2D eigenvalue weighted by molar-refractivity contribution is -0.0118. The van der Waals surface area contributed by atoms with Crippen molar-refractivity contribution in [1.29, 1.82) is 0 Å². The first kappa shape index (κ1) is 14.6. The first-order chi connectivity index (χ1) is 10.2. The molecule has 1 aliphatic heterocycles. The molecule has 0 bridgehead atoms. The highest BCUT2D eigenvalue weighted by Gasteiger charge is 2.40. The Hall–Kier alpha value is -1.38. The molecule has 0 aromatic heterocycles. The van der Waals surface area contributed by atoms with Crippen LogP contribution in [0.1, 0.15) is 43.9 Å². The van der Waals surface area contributed by atoms with Gasteiger partial charge in [-0.3, -0.25) is 0 Å². The van der Waals surface area contributed by atoms with Crippen LogP contribution in [-0.4, -0.2) is 18.8 Å². The van der Waals surface area contributed by atoms with Crippen LogP contribution in [0, 0.1) is 6.92 Å². The van der Waals surface area contributed by atoms with Gasteiger partial charge in [0.15, 0.2) is 0 Å². The first-order valence-electron chi connectivity index (χ1n) is 8.01. The van der Waals surface area contributed by atoms with E-state index in [1.165, 1.54) is 21.9 Å². The number of benzene rings is 2. The number of likely N-dealkylation sites (N-methyl/N-ethyl adjacent to an activating group) is 1. The largest absolute Gasteiger partial charge is 0.373 e. The molecule has 1 N–H and O–H groups in total. The molecule has 0 spiro atoms. The molecule has 2 atom stereocenters. The zero-order valence-electron chi connectivity index (χ0n) is 13.3. The summed E-state index contributed by atoms with van der Waals surface area (Å²) in [5.74, 6) is 0. The minimum absolute atomic E-state index is 0.106. The van der Waals surface area contributed by atoms with Gasteiger partial charge in [-0.2, -0.15) is 0 Å². The monoisotopic (exact) mass is 283 g/mol. The van der Waals surface area contributed by atoms with Crippen LogP contribution in [0.2, 0.25) is 0 Å². The van der Waals surface area contributed by atoms with E-state index in [9.17, 15) is 0 Å². The van der Waals surface area contributed by atoms with Crippen LogP contribution < -0.4 is 5.32 Å². The van der Waals surface area contributed by atoms with Crippen molar-refractivity contribution < 1.29 is 4.74 Å². The zero-order chi connectivity index (χ0) is 14.9. The van der Waals surface area contributed by atoms with Crippen LogP contribution in [0.4, 0.5) is 0 Å². The minimum Gasteiger partial charge on any atom is -0.373 e. The third-order valence-electron chi connectivity index (χ3n) is 4.75. The Balaban J connectivity index is 2.17. The fraction of sp³-hybridized carbons (Fsp3) is 0.474. The first-order valence-corrected chi connectivity index (χ1v) is 8.01. The van der Waals surface area contributed by atoms with Crippen LogP contribution in [0.25, 0.3) is 10.8 Å². The maximum atomic E-state index is 6.15. The Bertz CT molecular complexity index is 628. The molecule has 2 nitrogen and oxygen atoms in total. The highest BCUT2D eigenvalue weighted by molar-refractivity contribution is 5.87. The summed E-state index contributed by atoms with van der Waals surface area (Å²) >= 11 is 0. The standard InChI is InChI=1S/C19H25NO/c1-4-20-18(19(3)12-7-13-21-19)17-14(2)10-11-15-8-5-6-9-16(15)17/h5-6,8-11,18,20H,4,7,12-13H2,1-3H3. The van der Waals surface area contributed by atoms with Crippen LogP contribution in [0.3, 0.4) is 0 Å². The zero-order valence-corrected chi connectivity index (χ0v) is 13.3. The fourth-order valence-corrected chi connectivity index (χ4v) is 3.64. The van der Waals surface area contributed by atoms with Crippen molar-refractivity contribution in [2.24, 2.45) is 0 Å². The number of ether oxygens (including phenoxy) is 1. The molecule has 112 valence electrons. The Morgan fingerprint density at radius 3 is 2.76 bits per heavy atom. The minimum atomic E-state index is -0.106. The second-order valence-electron chi connectivity index (χ2n) is 6.27. The Morgan fingerprint density at radius 2 is 2.05 bits per heavy atom. The second-order valence-corrected chi connectivity index (χ2v) is 6.27. The Morgan fingerprint density at radius 1 is 1.24 bits per heavy atom. The summed E-state index contributed by atoms with van der Waals surface area (Å²) in [5.41, 5.74) is 2.64. The molecule has 1 fully saturated rings. The molecule has 0 amide bonds. The predicted molar refractivity (Wildman–Crippen MR) is 88.7 cm³/mol. The van der Waals surface area contributed by atoms with E-state index in [4.69, 9.17) is 4.74 Å². The van der Waals surface area contributed by atoms with E-state index in [0.717, 1.165) is 26.0 Å². The molecule has 0 aliphatic carbocycles. The lowest BCUT2D eigenvalue weighted by atomic mass is 9.83. The normalized spacial score (nSPS) is 23.6. The predicted octanol–water partition coefficient (Wildman–Crippen LogP) is 4.37. The average Bonchev–Trinajstić information content (AvgIpc) is 2.93. The van der Waals surface area contributed by atoms with E-state index in [2.05, 4.69) is 62.5 Å². The smallest absolute Gasteiger partial charge is 0.0849 e. The fourth-order valence-electron chi connectivity index (χ4n) is 3.64. The van der Waals surface area contributed by atoms with Crippen molar-refractivity contribution in [2.45, 2.75) is 45.3 Å². The number of nitrogens with one attached hydrogen (secondary N) is 1.